The molecule has 6 nitrogen and oxygen atoms in total. The van der Waals surface area contributed by atoms with E-state index in [0.717, 1.165) is 12.8 Å². The molecule has 1 aliphatic carbocycles. The van der Waals surface area contributed by atoms with Gasteiger partial charge in [0.2, 0.25) is 0 Å². The van der Waals surface area contributed by atoms with Gasteiger partial charge in [-0.25, -0.2) is 0 Å². The molecule has 1 heterocycles. The zero-order valence-corrected chi connectivity index (χ0v) is 20.1. The highest BCUT2D eigenvalue weighted by Crippen LogP contribution is 2.40. The van der Waals surface area contributed by atoms with Gasteiger partial charge in [-0.3, -0.25) is 4.79 Å². The maximum atomic E-state index is 12.7. The van der Waals surface area contributed by atoms with Crippen LogP contribution in [0.25, 0.3) is 0 Å². The van der Waals surface area contributed by atoms with Crippen LogP contribution in [-0.4, -0.2) is 40.1 Å². The average molecular weight is 490 g/mol. The van der Waals surface area contributed by atoms with E-state index in [9.17, 15) is 22.5 Å². The average Bonchev–Trinajstić information content (AvgIpc) is 2.71. The molecule has 1 aromatic carbocycles. The second-order valence-corrected chi connectivity index (χ2v) is 11.2. The number of halogens is 3. The minimum absolute atomic E-state index is 0.0873. The minimum Gasteiger partial charge on any atom is -0.591 e. The number of carbonyl (C=O) groups excluding carboxylic acids is 1. The minimum atomic E-state index is -4.82. The van der Waals surface area contributed by atoms with Crippen LogP contribution in [0.15, 0.2) is 22.6 Å². The normalized spacial score (nSPS) is 25.7. The molecule has 2 aliphatic rings. The molecule has 10 heteroatoms. The van der Waals surface area contributed by atoms with Gasteiger partial charge >= 0.3 is 12.3 Å². The summed E-state index contributed by atoms with van der Waals surface area (Å²) in [4.78, 5) is 12.1. The lowest BCUT2D eigenvalue weighted by molar-refractivity contribution is -0.274. The number of fused-ring (bicyclic) bond motifs is 1. The van der Waals surface area contributed by atoms with Gasteiger partial charge in [0.1, 0.15) is 39.4 Å². The van der Waals surface area contributed by atoms with Gasteiger partial charge in [0.05, 0.1) is 12.5 Å². The third kappa shape index (κ3) is 6.79. The van der Waals surface area contributed by atoms with E-state index in [0.29, 0.717) is 37.1 Å². The number of benzene rings is 1. The van der Waals surface area contributed by atoms with Crippen LogP contribution in [0.5, 0.6) is 11.5 Å². The zero-order chi connectivity index (χ0) is 24.4. The van der Waals surface area contributed by atoms with Crippen molar-refractivity contribution in [2.24, 2.45) is 16.2 Å². The molecule has 0 aromatic heterocycles. The van der Waals surface area contributed by atoms with Crippen molar-refractivity contribution in [1.29, 1.82) is 0 Å². The predicted molar refractivity (Wildman–Crippen MR) is 119 cm³/mol. The molecular formula is C23H30F3NO5S. The fourth-order valence-electron chi connectivity index (χ4n) is 4.11. The van der Waals surface area contributed by atoms with Gasteiger partial charge in [-0.2, -0.15) is 0 Å². The predicted octanol–water partition coefficient (Wildman–Crippen LogP) is 5.36. The number of alkyl halides is 3. The first kappa shape index (κ1) is 25.7. The number of esters is 1. The van der Waals surface area contributed by atoms with Crippen LogP contribution in [0, 0.1) is 11.8 Å². The smallest absolute Gasteiger partial charge is 0.573 e. The molecule has 1 fully saturated rings. The Hall–Kier alpha value is -1.94. The van der Waals surface area contributed by atoms with E-state index >= 15 is 0 Å². The SMILES string of the molecule is CCOC(=O)[C@H]1CC[C@@H]([C@@H]2C/C(=N\[S@@+]([O-])C(C)(C)C)c3ccc(OC(F)(F)F)cc3O2)CC1. The molecule has 0 amide bonds. The van der Waals surface area contributed by atoms with Gasteiger partial charge in [0.25, 0.3) is 0 Å². The van der Waals surface area contributed by atoms with Gasteiger partial charge in [-0.15, -0.1) is 13.2 Å². The van der Waals surface area contributed by atoms with E-state index < -0.39 is 22.5 Å². The van der Waals surface area contributed by atoms with Crippen LogP contribution in [0.2, 0.25) is 0 Å². The maximum absolute atomic E-state index is 12.7. The second-order valence-electron chi connectivity index (χ2n) is 9.33. The van der Waals surface area contributed by atoms with Crippen molar-refractivity contribution in [2.45, 2.75) is 77.0 Å². The highest BCUT2D eigenvalue weighted by molar-refractivity contribution is 7.91. The van der Waals surface area contributed by atoms with Gasteiger partial charge in [0, 0.05) is 18.1 Å². The summed E-state index contributed by atoms with van der Waals surface area (Å²) in [7, 11) is 0. The molecule has 0 bridgehead atoms. The first-order valence-electron chi connectivity index (χ1n) is 11.1. The second kappa shape index (κ2) is 10.1. The van der Waals surface area contributed by atoms with Gasteiger partial charge in [0.15, 0.2) is 0 Å². The van der Waals surface area contributed by atoms with Crippen molar-refractivity contribution in [3.8, 4) is 11.5 Å². The van der Waals surface area contributed by atoms with E-state index in [4.69, 9.17) is 9.47 Å². The van der Waals surface area contributed by atoms with Crippen molar-refractivity contribution in [3.05, 3.63) is 23.8 Å². The lowest BCUT2D eigenvalue weighted by Gasteiger charge is -2.36. The molecule has 1 aromatic rings. The lowest BCUT2D eigenvalue weighted by atomic mass is 9.77. The standard InChI is InChI=1S/C23H30F3NO5S/c1-5-30-21(28)15-8-6-14(7-9-15)19-13-18(27-33(29)22(2,3)4)17-11-10-16(12-20(17)31-19)32-23(24,25)26/h10-12,14-15,19H,5-9,13H2,1-4H3/b27-18+/t14-,15+,19-,33-/m0/s1. The highest BCUT2D eigenvalue weighted by atomic mass is 32.2. The number of ether oxygens (including phenoxy) is 3. The largest absolute Gasteiger partial charge is 0.591 e. The summed E-state index contributed by atoms with van der Waals surface area (Å²) in [5.74, 6) is -0.410. The van der Waals surface area contributed by atoms with E-state index in [1.54, 1.807) is 6.92 Å². The highest BCUT2D eigenvalue weighted by Gasteiger charge is 2.38. The lowest BCUT2D eigenvalue weighted by Crippen LogP contribution is -2.38. The quantitative estimate of drug-likeness (QED) is 0.411. The summed E-state index contributed by atoms with van der Waals surface area (Å²) in [6.45, 7) is 7.54. The Balaban J connectivity index is 1.84. The Kier molecular flexibility index (Phi) is 7.88. The molecule has 184 valence electrons. The van der Waals surface area contributed by atoms with Crippen molar-refractivity contribution in [3.63, 3.8) is 0 Å². The molecule has 2 atom stereocenters. The topological polar surface area (TPSA) is 80.2 Å². The van der Waals surface area contributed by atoms with Crippen LogP contribution in [0.1, 0.15) is 65.4 Å². The molecule has 1 saturated carbocycles. The number of carbonyl (C=O) groups is 1. The maximum Gasteiger partial charge on any atom is 0.573 e. The van der Waals surface area contributed by atoms with Crippen molar-refractivity contribution >= 4 is 23.0 Å². The Morgan fingerprint density at radius 3 is 2.45 bits per heavy atom. The van der Waals surface area contributed by atoms with Crippen LogP contribution >= 0.6 is 0 Å². The molecule has 3 rings (SSSR count). The molecule has 33 heavy (non-hydrogen) atoms. The van der Waals surface area contributed by atoms with E-state index in [2.05, 4.69) is 9.13 Å². The Bertz CT molecular complexity index is 876. The number of hydrogen-bond donors (Lipinski definition) is 0. The third-order valence-electron chi connectivity index (χ3n) is 5.80. The summed E-state index contributed by atoms with van der Waals surface area (Å²) in [5.41, 5.74) is 1.05. The van der Waals surface area contributed by atoms with E-state index in [1.165, 1.54) is 18.2 Å². The number of nitrogens with zero attached hydrogens (tertiary/aromatic N) is 1. The van der Waals surface area contributed by atoms with Gasteiger partial charge in [-0.1, -0.05) is 4.40 Å². The Morgan fingerprint density at radius 1 is 1.21 bits per heavy atom. The van der Waals surface area contributed by atoms with Crippen LogP contribution in [0.3, 0.4) is 0 Å². The van der Waals surface area contributed by atoms with E-state index in [-0.39, 0.29) is 35.4 Å². The van der Waals surface area contributed by atoms with Crippen LogP contribution in [0.4, 0.5) is 13.2 Å². The molecule has 0 unspecified atom stereocenters. The molecular weight excluding hydrogens is 459 g/mol. The Labute approximate surface area is 195 Å². The third-order valence-corrected chi connectivity index (χ3v) is 7.24. The fourth-order valence-corrected chi connectivity index (χ4v) is 4.76. The zero-order valence-electron chi connectivity index (χ0n) is 19.2. The van der Waals surface area contributed by atoms with Crippen LogP contribution < -0.4 is 9.47 Å². The van der Waals surface area contributed by atoms with Crippen molar-refractivity contribution in [2.75, 3.05) is 6.61 Å². The summed E-state index contributed by atoms with van der Waals surface area (Å²) < 4.78 is 70.0. The number of rotatable bonds is 5. The summed E-state index contributed by atoms with van der Waals surface area (Å²) in [6, 6.07) is 3.87. The summed E-state index contributed by atoms with van der Waals surface area (Å²) in [6.07, 6.45) is -2.02. The molecule has 0 radical (unpaired) electrons. The fraction of sp³-hybridized carbons (Fsp3) is 0.652. The summed E-state index contributed by atoms with van der Waals surface area (Å²) in [5, 5.41) is 0. The molecule has 1 aliphatic heterocycles. The number of hydrogen-bond acceptors (Lipinski definition) is 6. The van der Waals surface area contributed by atoms with Gasteiger partial charge in [-0.05, 0) is 71.4 Å². The van der Waals surface area contributed by atoms with E-state index in [1.807, 2.05) is 20.8 Å². The first-order chi connectivity index (χ1) is 15.4. The molecule has 0 spiro atoms. The van der Waals surface area contributed by atoms with Gasteiger partial charge < -0.3 is 18.8 Å². The molecule has 0 saturated heterocycles. The first-order valence-corrected chi connectivity index (χ1v) is 12.2. The van der Waals surface area contributed by atoms with Crippen molar-refractivity contribution in [1.82, 2.24) is 0 Å². The molecule has 0 N–H and O–H groups in total. The summed E-state index contributed by atoms with van der Waals surface area (Å²) >= 11 is -1.54. The monoisotopic (exact) mass is 489 g/mol. The van der Waals surface area contributed by atoms with Crippen LogP contribution in [-0.2, 0) is 20.9 Å². The van der Waals surface area contributed by atoms with Crippen molar-refractivity contribution < 1.29 is 36.7 Å². The Morgan fingerprint density at radius 2 is 1.88 bits per heavy atom.